The number of carbonyl (C=O) groups is 1. The van der Waals surface area contributed by atoms with E-state index in [1.54, 1.807) is 0 Å². The third-order valence-corrected chi connectivity index (χ3v) is 5.55. The van der Waals surface area contributed by atoms with E-state index in [4.69, 9.17) is 4.74 Å². The minimum Gasteiger partial charge on any atom is -0.480 e. The third-order valence-electron chi connectivity index (χ3n) is 5.55. The number of rotatable bonds is 7. The fraction of sp³-hybridized carbons (Fsp3) is 0.458. The van der Waals surface area contributed by atoms with Crippen molar-refractivity contribution in [3.63, 3.8) is 0 Å². The van der Waals surface area contributed by atoms with Crippen LogP contribution in [0.2, 0.25) is 0 Å². The smallest absolute Gasteiger partial charge is 0.261 e. The first-order valence-corrected chi connectivity index (χ1v) is 10.5. The zero-order chi connectivity index (χ0) is 20.8. The number of likely N-dealkylation sites (N-methyl/N-ethyl adjacent to an activating group) is 1. The molecule has 1 atom stereocenters. The van der Waals surface area contributed by atoms with Crippen molar-refractivity contribution >= 4 is 11.6 Å². The summed E-state index contributed by atoms with van der Waals surface area (Å²) in [5.41, 5.74) is 4.51. The van der Waals surface area contributed by atoms with Crippen LogP contribution in [0.5, 0.6) is 5.75 Å². The van der Waals surface area contributed by atoms with Crippen LogP contribution in [0.3, 0.4) is 0 Å². The Morgan fingerprint density at radius 2 is 1.76 bits per heavy atom. The molecule has 1 N–H and O–H groups in total. The van der Waals surface area contributed by atoms with Crippen molar-refractivity contribution in [2.75, 3.05) is 38.1 Å². The molecule has 156 valence electrons. The van der Waals surface area contributed by atoms with E-state index in [0.29, 0.717) is 13.0 Å². The molecular weight excluding hydrogens is 362 g/mol. The second-order valence-electron chi connectivity index (χ2n) is 7.96. The molecule has 29 heavy (non-hydrogen) atoms. The van der Waals surface area contributed by atoms with Crippen LogP contribution in [0, 0.1) is 13.8 Å². The number of hydrogen-bond donors (Lipinski definition) is 1. The zero-order valence-corrected chi connectivity index (χ0v) is 18.1. The molecule has 2 aromatic carbocycles. The molecule has 1 heterocycles. The molecule has 2 aromatic rings. The Morgan fingerprint density at radius 3 is 2.41 bits per heavy atom. The van der Waals surface area contributed by atoms with Crippen LogP contribution in [-0.4, -0.2) is 50.1 Å². The highest BCUT2D eigenvalue weighted by Crippen LogP contribution is 2.21. The largest absolute Gasteiger partial charge is 0.480 e. The Morgan fingerprint density at radius 1 is 1.07 bits per heavy atom. The number of carbonyl (C=O) groups excluding carboxylic acids is 1. The number of ether oxygens (including phenoxy) is 1. The molecule has 0 radical (unpaired) electrons. The zero-order valence-electron chi connectivity index (χ0n) is 18.1. The number of hydrogen-bond acceptors (Lipinski definition) is 4. The molecule has 0 aliphatic carbocycles. The first kappa shape index (κ1) is 21.2. The second kappa shape index (κ2) is 9.79. The number of piperazine rings is 1. The van der Waals surface area contributed by atoms with Gasteiger partial charge in [0, 0.05) is 38.4 Å². The van der Waals surface area contributed by atoms with Gasteiger partial charge in [-0.3, -0.25) is 4.79 Å². The molecule has 1 aliphatic heterocycles. The van der Waals surface area contributed by atoms with Crippen molar-refractivity contribution in [3.8, 4) is 5.75 Å². The maximum Gasteiger partial charge on any atom is 0.261 e. The number of benzene rings is 2. The van der Waals surface area contributed by atoms with Gasteiger partial charge in [0.05, 0.1) is 0 Å². The SMILES string of the molecule is CCC(Oc1cc(C)ccc1C)C(=O)NCc1ccc(N2CCN(C)CC2)cc1. The lowest BCUT2D eigenvalue weighted by atomic mass is 10.1. The van der Waals surface area contributed by atoms with Gasteiger partial charge in [0.2, 0.25) is 0 Å². The molecule has 0 bridgehead atoms. The summed E-state index contributed by atoms with van der Waals surface area (Å²) in [5.74, 6) is 0.708. The maximum atomic E-state index is 12.6. The second-order valence-corrected chi connectivity index (χ2v) is 7.96. The molecule has 1 fully saturated rings. The first-order chi connectivity index (χ1) is 14.0. The lowest BCUT2D eigenvalue weighted by Crippen LogP contribution is -2.44. The minimum absolute atomic E-state index is 0.0726. The number of aryl methyl sites for hydroxylation is 2. The summed E-state index contributed by atoms with van der Waals surface area (Å²) >= 11 is 0. The summed E-state index contributed by atoms with van der Waals surface area (Å²) in [6.07, 6.45) is 0.141. The van der Waals surface area contributed by atoms with Crippen molar-refractivity contribution in [2.45, 2.75) is 39.8 Å². The van der Waals surface area contributed by atoms with E-state index in [1.807, 2.05) is 32.9 Å². The van der Waals surface area contributed by atoms with E-state index in [1.165, 1.54) is 5.69 Å². The first-order valence-electron chi connectivity index (χ1n) is 10.5. The van der Waals surface area contributed by atoms with Gasteiger partial charge < -0.3 is 19.9 Å². The van der Waals surface area contributed by atoms with Gasteiger partial charge in [-0.2, -0.15) is 0 Å². The Hall–Kier alpha value is -2.53. The van der Waals surface area contributed by atoms with Crippen LogP contribution in [0.4, 0.5) is 5.69 Å². The molecule has 0 aromatic heterocycles. The van der Waals surface area contributed by atoms with Gasteiger partial charge in [-0.05, 0) is 62.2 Å². The lowest BCUT2D eigenvalue weighted by molar-refractivity contribution is -0.128. The molecule has 1 aliphatic rings. The van der Waals surface area contributed by atoms with Gasteiger partial charge in [0.1, 0.15) is 5.75 Å². The predicted molar refractivity (Wildman–Crippen MR) is 119 cm³/mol. The molecule has 5 heteroatoms. The van der Waals surface area contributed by atoms with E-state index >= 15 is 0 Å². The fourth-order valence-corrected chi connectivity index (χ4v) is 3.50. The Labute approximate surface area is 174 Å². The highest BCUT2D eigenvalue weighted by molar-refractivity contribution is 5.81. The highest BCUT2D eigenvalue weighted by Gasteiger charge is 2.19. The van der Waals surface area contributed by atoms with E-state index < -0.39 is 6.10 Å². The van der Waals surface area contributed by atoms with E-state index in [2.05, 4.69) is 52.5 Å². The molecule has 1 unspecified atom stereocenters. The fourth-order valence-electron chi connectivity index (χ4n) is 3.50. The third kappa shape index (κ3) is 5.73. The van der Waals surface area contributed by atoms with Crippen molar-refractivity contribution in [1.29, 1.82) is 0 Å². The Kier molecular flexibility index (Phi) is 7.15. The normalized spacial score (nSPS) is 15.8. The van der Waals surface area contributed by atoms with Crippen molar-refractivity contribution in [2.24, 2.45) is 0 Å². The van der Waals surface area contributed by atoms with E-state index in [9.17, 15) is 4.79 Å². The quantitative estimate of drug-likeness (QED) is 0.779. The standard InChI is InChI=1S/C24H33N3O2/c1-5-22(29-23-16-18(2)6-7-19(23)3)24(28)25-17-20-8-10-21(11-9-20)27-14-12-26(4)13-15-27/h6-11,16,22H,5,12-15,17H2,1-4H3,(H,25,28). The Balaban J connectivity index is 1.54. The van der Waals surface area contributed by atoms with E-state index in [-0.39, 0.29) is 5.91 Å². The van der Waals surface area contributed by atoms with Crippen LogP contribution >= 0.6 is 0 Å². The van der Waals surface area contributed by atoms with Crippen LogP contribution in [-0.2, 0) is 11.3 Å². The molecular formula is C24H33N3O2. The summed E-state index contributed by atoms with van der Waals surface area (Å²) in [7, 11) is 2.16. The molecule has 3 rings (SSSR count). The summed E-state index contributed by atoms with van der Waals surface area (Å²) in [6.45, 7) is 10.8. The van der Waals surface area contributed by atoms with Gasteiger partial charge in [-0.15, -0.1) is 0 Å². The molecule has 0 saturated carbocycles. The summed E-state index contributed by atoms with van der Waals surface area (Å²) in [5, 5.41) is 3.02. The van der Waals surface area contributed by atoms with Crippen molar-refractivity contribution in [1.82, 2.24) is 10.2 Å². The lowest BCUT2D eigenvalue weighted by Gasteiger charge is -2.34. The highest BCUT2D eigenvalue weighted by atomic mass is 16.5. The van der Waals surface area contributed by atoms with Crippen LogP contribution < -0.4 is 15.0 Å². The van der Waals surface area contributed by atoms with Crippen molar-refractivity contribution < 1.29 is 9.53 Å². The predicted octanol–water partition coefficient (Wildman–Crippen LogP) is 3.53. The summed E-state index contributed by atoms with van der Waals surface area (Å²) in [4.78, 5) is 17.4. The number of nitrogens with one attached hydrogen (secondary N) is 1. The van der Waals surface area contributed by atoms with Crippen LogP contribution in [0.1, 0.15) is 30.0 Å². The topological polar surface area (TPSA) is 44.8 Å². The summed E-state index contributed by atoms with van der Waals surface area (Å²) in [6, 6.07) is 14.6. The number of anilines is 1. The van der Waals surface area contributed by atoms with Crippen LogP contribution in [0.25, 0.3) is 0 Å². The van der Waals surface area contributed by atoms with Gasteiger partial charge in [-0.25, -0.2) is 0 Å². The maximum absolute atomic E-state index is 12.6. The average Bonchev–Trinajstić information content (AvgIpc) is 2.73. The van der Waals surface area contributed by atoms with Crippen LogP contribution in [0.15, 0.2) is 42.5 Å². The summed E-state index contributed by atoms with van der Waals surface area (Å²) < 4.78 is 6.01. The number of amides is 1. The monoisotopic (exact) mass is 395 g/mol. The average molecular weight is 396 g/mol. The minimum atomic E-state index is -0.486. The molecule has 0 spiro atoms. The van der Waals surface area contributed by atoms with Gasteiger partial charge in [-0.1, -0.05) is 31.2 Å². The van der Waals surface area contributed by atoms with Gasteiger partial charge in [0.15, 0.2) is 6.10 Å². The van der Waals surface area contributed by atoms with Gasteiger partial charge in [0.25, 0.3) is 5.91 Å². The number of nitrogens with zero attached hydrogens (tertiary/aromatic N) is 2. The molecule has 5 nitrogen and oxygen atoms in total. The molecule has 1 amide bonds. The van der Waals surface area contributed by atoms with E-state index in [0.717, 1.165) is 48.6 Å². The molecule has 1 saturated heterocycles. The Bertz CT molecular complexity index is 811. The van der Waals surface area contributed by atoms with Crippen molar-refractivity contribution in [3.05, 3.63) is 59.2 Å². The van der Waals surface area contributed by atoms with Gasteiger partial charge >= 0.3 is 0 Å².